The Morgan fingerprint density at radius 3 is 1.50 bits per heavy atom. The van der Waals surface area contributed by atoms with Crippen LogP contribution in [0.4, 0.5) is 8.78 Å². The number of aromatic nitrogens is 2. The Morgan fingerprint density at radius 2 is 1.09 bits per heavy atom. The van der Waals surface area contributed by atoms with E-state index in [9.17, 15) is 18.7 Å². The number of nitrogens with zero attached hydrogens (tertiary/aromatic N) is 2. The Balaban J connectivity index is 0.00000417. The third-order valence-electron chi connectivity index (χ3n) is 8.02. The van der Waals surface area contributed by atoms with E-state index in [1.54, 1.807) is 12.1 Å². The van der Waals surface area contributed by atoms with Gasteiger partial charge in [0.15, 0.2) is 0 Å². The molecule has 0 atom stereocenters. The number of hydrogen-bond donors (Lipinski definition) is 1. The van der Waals surface area contributed by atoms with Gasteiger partial charge in [-0.25, -0.2) is 18.7 Å². The zero-order valence-electron chi connectivity index (χ0n) is 24.5. The van der Waals surface area contributed by atoms with Crippen molar-refractivity contribution >= 4 is 57.3 Å². The van der Waals surface area contributed by atoms with Crippen molar-refractivity contribution in [2.45, 2.75) is 38.4 Å². The predicted molar refractivity (Wildman–Crippen MR) is 175 cm³/mol. The van der Waals surface area contributed by atoms with Crippen molar-refractivity contribution in [1.82, 2.24) is 9.97 Å². The van der Waals surface area contributed by atoms with Crippen LogP contribution in [0.3, 0.4) is 0 Å². The molecule has 46 heavy (non-hydrogen) atoms. The van der Waals surface area contributed by atoms with E-state index in [2.05, 4.69) is 9.97 Å². The standard InChI is InChI=1S/C37H30F2N2O4.Na.H/c1-37(19-18-36(42)43,26-6-14-32(15-7-26)44-22-30-12-4-24-2-10-28(38)20-34(24)40-30)27-8-16-33(17-9-27)45-23-31-13-5-25-3-11-29(39)21-35(25)41-31;;/h2-17,20-21H,18-19,22-23H2,1H3,(H,42,43);;. The molecule has 9 heteroatoms. The molecule has 6 aromatic rings. The van der Waals surface area contributed by atoms with Crippen molar-refractivity contribution in [2.75, 3.05) is 0 Å². The van der Waals surface area contributed by atoms with Crippen LogP contribution in [0.5, 0.6) is 11.5 Å². The van der Waals surface area contributed by atoms with Crippen LogP contribution < -0.4 is 9.47 Å². The number of aliphatic carboxylic acids is 1. The molecule has 6 nitrogen and oxygen atoms in total. The fourth-order valence-electron chi connectivity index (χ4n) is 5.39. The summed E-state index contributed by atoms with van der Waals surface area (Å²) < 4.78 is 39.2. The second-order valence-electron chi connectivity index (χ2n) is 11.1. The van der Waals surface area contributed by atoms with Gasteiger partial charge in [-0.3, -0.25) is 4.79 Å². The molecule has 0 aliphatic rings. The number of pyridine rings is 2. The topological polar surface area (TPSA) is 81.5 Å². The molecule has 228 valence electrons. The van der Waals surface area contributed by atoms with Crippen LogP contribution in [-0.2, 0) is 23.4 Å². The third-order valence-corrected chi connectivity index (χ3v) is 8.02. The number of halogens is 2. The molecule has 1 N–H and O–H groups in total. The molecule has 0 aliphatic heterocycles. The van der Waals surface area contributed by atoms with Crippen LogP contribution >= 0.6 is 0 Å². The SMILES string of the molecule is CC(CCC(=O)O)(c1ccc(OCc2ccc3ccc(F)cc3n2)cc1)c1ccc(OCc2ccc3ccc(F)cc3n2)cc1.[NaH]. The predicted octanol–water partition coefficient (Wildman–Crippen LogP) is 7.74. The molecule has 0 spiro atoms. The molecule has 6 rings (SSSR count). The summed E-state index contributed by atoms with van der Waals surface area (Å²) in [6, 6.07) is 31.7. The molecule has 0 aliphatic carbocycles. The van der Waals surface area contributed by atoms with Gasteiger partial charge in [0.05, 0.1) is 22.4 Å². The van der Waals surface area contributed by atoms with Crippen molar-refractivity contribution < 1.29 is 28.2 Å². The molecule has 4 aromatic carbocycles. The van der Waals surface area contributed by atoms with Gasteiger partial charge in [0.2, 0.25) is 0 Å². The van der Waals surface area contributed by atoms with E-state index in [-0.39, 0.29) is 60.8 Å². The zero-order valence-corrected chi connectivity index (χ0v) is 24.5. The number of carboxylic acids is 1. The zero-order chi connectivity index (χ0) is 31.4. The first-order chi connectivity index (χ1) is 21.7. The minimum absolute atomic E-state index is 0. The molecule has 2 heterocycles. The molecule has 2 aromatic heterocycles. The van der Waals surface area contributed by atoms with E-state index in [0.29, 0.717) is 40.3 Å². The fraction of sp³-hybridized carbons (Fsp3) is 0.162. The number of benzene rings is 4. The summed E-state index contributed by atoms with van der Waals surface area (Å²) in [5.74, 6) is -0.280. The van der Waals surface area contributed by atoms with Crippen LogP contribution in [-0.4, -0.2) is 50.6 Å². The molecule has 0 saturated carbocycles. The molecular formula is C37H31F2N2NaO4. The number of carboxylic acid groups (broad SMARTS) is 1. The van der Waals surface area contributed by atoms with E-state index in [4.69, 9.17) is 9.47 Å². The average Bonchev–Trinajstić information content (AvgIpc) is 3.05. The second kappa shape index (κ2) is 14.4. The summed E-state index contributed by atoms with van der Waals surface area (Å²) in [6.45, 7) is 2.46. The van der Waals surface area contributed by atoms with Crippen LogP contribution in [0.25, 0.3) is 21.8 Å². The van der Waals surface area contributed by atoms with Gasteiger partial charge in [-0.15, -0.1) is 0 Å². The molecular weight excluding hydrogens is 597 g/mol. The van der Waals surface area contributed by atoms with E-state index in [0.717, 1.165) is 21.9 Å². The van der Waals surface area contributed by atoms with E-state index >= 15 is 0 Å². The van der Waals surface area contributed by atoms with Crippen molar-refractivity contribution in [1.29, 1.82) is 0 Å². The first-order valence-corrected chi connectivity index (χ1v) is 14.5. The summed E-state index contributed by atoms with van der Waals surface area (Å²) in [6.07, 6.45) is 0.382. The number of fused-ring (bicyclic) bond motifs is 2. The maximum atomic E-state index is 13.6. The summed E-state index contributed by atoms with van der Waals surface area (Å²) >= 11 is 0. The first-order valence-electron chi connectivity index (χ1n) is 14.5. The Labute approximate surface area is 287 Å². The summed E-state index contributed by atoms with van der Waals surface area (Å²) in [4.78, 5) is 20.6. The normalized spacial score (nSPS) is 11.3. The monoisotopic (exact) mass is 628 g/mol. The van der Waals surface area contributed by atoms with Gasteiger partial charge in [-0.2, -0.15) is 0 Å². The Bertz CT molecular complexity index is 1850. The van der Waals surface area contributed by atoms with E-state index < -0.39 is 11.4 Å². The summed E-state index contributed by atoms with van der Waals surface area (Å²) in [5.41, 5.74) is 3.78. The van der Waals surface area contributed by atoms with Gasteiger partial charge in [0.1, 0.15) is 36.3 Å². The van der Waals surface area contributed by atoms with E-state index in [1.807, 2.05) is 79.7 Å². The third kappa shape index (κ3) is 7.70. The molecule has 0 fully saturated rings. The van der Waals surface area contributed by atoms with E-state index in [1.165, 1.54) is 24.3 Å². The van der Waals surface area contributed by atoms with Crippen molar-refractivity contribution in [3.8, 4) is 11.5 Å². The van der Waals surface area contributed by atoms with Crippen LogP contribution in [0.2, 0.25) is 0 Å². The van der Waals surface area contributed by atoms with Crippen LogP contribution in [0, 0.1) is 11.6 Å². The first kappa shape index (κ1) is 33.0. The second-order valence-corrected chi connectivity index (χ2v) is 11.1. The number of hydrogen-bond acceptors (Lipinski definition) is 5. The van der Waals surface area contributed by atoms with Gasteiger partial charge in [0, 0.05) is 34.7 Å². The molecule has 0 radical (unpaired) electrons. The van der Waals surface area contributed by atoms with Crippen LogP contribution in [0.15, 0.2) is 109 Å². The Hall–Kier alpha value is -4.37. The molecule has 0 saturated heterocycles. The van der Waals surface area contributed by atoms with Gasteiger partial charge in [0.25, 0.3) is 0 Å². The van der Waals surface area contributed by atoms with Crippen molar-refractivity contribution in [3.63, 3.8) is 0 Å². The summed E-state index contributed by atoms with van der Waals surface area (Å²) in [5, 5.41) is 11.2. The Morgan fingerprint density at radius 1 is 0.674 bits per heavy atom. The van der Waals surface area contributed by atoms with Gasteiger partial charge in [-0.05, 0) is 78.2 Å². The molecule has 0 bridgehead atoms. The summed E-state index contributed by atoms with van der Waals surface area (Å²) in [7, 11) is 0. The quantitative estimate of drug-likeness (QED) is 0.148. The number of carbonyl (C=O) groups is 1. The Kier molecular flexibility index (Phi) is 10.3. The fourth-order valence-corrected chi connectivity index (χ4v) is 5.39. The van der Waals surface area contributed by atoms with Gasteiger partial charge < -0.3 is 14.6 Å². The van der Waals surface area contributed by atoms with Gasteiger partial charge >= 0.3 is 35.5 Å². The number of rotatable bonds is 11. The van der Waals surface area contributed by atoms with Crippen molar-refractivity contribution in [2.24, 2.45) is 0 Å². The minimum atomic E-state index is -0.869. The van der Waals surface area contributed by atoms with Gasteiger partial charge in [-0.1, -0.05) is 43.3 Å². The number of ether oxygens (including phenoxy) is 2. The maximum absolute atomic E-state index is 13.6. The van der Waals surface area contributed by atoms with Crippen LogP contribution in [0.1, 0.15) is 42.3 Å². The average molecular weight is 629 g/mol. The molecule has 0 unspecified atom stereocenters. The van der Waals surface area contributed by atoms with Crippen molar-refractivity contribution in [3.05, 3.63) is 143 Å². The molecule has 0 amide bonds.